The van der Waals surface area contributed by atoms with Crippen molar-refractivity contribution in [3.63, 3.8) is 0 Å². The summed E-state index contributed by atoms with van der Waals surface area (Å²) in [6.07, 6.45) is 0.969. The summed E-state index contributed by atoms with van der Waals surface area (Å²) in [6.45, 7) is 5.61. The number of methoxy groups -OCH3 is 1. The van der Waals surface area contributed by atoms with E-state index in [9.17, 15) is 4.79 Å². The maximum Gasteiger partial charge on any atom is 0.508 e. The van der Waals surface area contributed by atoms with E-state index in [0.717, 1.165) is 0 Å². The highest BCUT2D eigenvalue weighted by Gasteiger charge is 2.30. The highest BCUT2D eigenvalue weighted by molar-refractivity contribution is 6.50. The molecule has 1 rings (SSSR count). The van der Waals surface area contributed by atoms with E-state index in [1.54, 1.807) is 12.1 Å². The average Bonchev–Trinajstić information content (AvgIpc) is 2.26. The monoisotopic (exact) mass is 228 g/mol. The Hall–Kier alpha value is -1.01. The molecule has 5 nitrogen and oxygen atoms in total. The van der Waals surface area contributed by atoms with Crippen LogP contribution in [-0.4, -0.2) is 40.2 Å². The van der Waals surface area contributed by atoms with Gasteiger partial charge >= 0.3 is 13.3 Å². The van der Waals surface area contributed by atoms with Gasteiger partial charge in [-0.05, 0) is 0 Å². The topological polar surface area (TPSA) is 54.0 Å². The molecule has 1 aliphatic rings. The third-order valence-electron chi connectivity index (χ3n) is 2.03. The minimum absolute atomic E-state index is 0.0624. The molecule has 16 heavy (non-hydrogen) atoms. The first kappa shape index (κ1) is 13.1. The largest absolute Gasteiger partial charge is 0.508 e. The van der Waals surface area contributed by atoms with E-state index >= 15 is 0 Å². The standard InChI is InChI=1S/C10H17BO5/c1-10(2)7-15-11(16-8-10)5-4-6-14-9(12)13-3/h4-5H,6-8H2,1-3H3/b5-4+. The van der Waals surface area contributed by atoms with Crippen molar-refractivity contribution in [2.24, 2.45) is 5.41 Å². The molecule has 1 heterocycles. The van der Waals surface area contributed by atoms with Crippen LogP contribution in [0.2, 0.25) is 0 Å². The molecule has 0 aromatic carbocycles. The van der Waals surface area contributed by atoms with Crippen molar-refractivity contribution in [1.29, 1.82) is 0 Å². The molecule has 0 aliphatic carbocycles. The minimum atomic E-state index is -0.698. The lowest BCUT2D eigenvalue weighted by atomic mass is 9.83. The third-order valence-corrected chi connectivity index (χ3v) is 2.03. The van der Waals surface area contributed by atoms with E-state index in [-0.39, 0.29) is 19.1 Å². The summed E-state index contributed by atoms with van der Waals surface area (Å²) in [7, 11) is 0.913. The molecule has 0 bridgehead atoms. The predicted octanol–water partition coefficient (Wildman–Crippen LogP) is 1.43. The molecule has 0 aromatic heterocycles. The van der Waals surface area contributed by atoms with Gasteiger partial charge in [-0.3, -0.25) is 0 Å². The smallest absolute Gasteiger partial charge is 0.438 e. The van der Waals surface area contributed by atoms with Crippen LogP contribution in [0.4, 0.5) is 4.79 Å². The lowest BCUT2D eigenvalue weighted by molar-refractivity contribution is 0.0334. The van der Waals surface area contributed by atoms with Gasteiger partial charge < -0.3 is 18.8 Å². The van der Waals surface area contributed by atoms with Gasteiger partial charge in [-0.15, -0.1) is 0 Å². The minimum Gasteiger partial charge on any atom is -0.438 e. The number of hydrogen-bond acceptors (Lipinski definition) is 5. The fourth-order valence-corrected chi connectivity index (χ4v) is 1.16. The Morgan fingerprint density at radius 2 is 2.06 bits per heavy atom. The highest BCUT2D eigenvalue weighted by atomic mass is 16.7. The summed E-state index contributed by atoms with van der Waals surface area (Å²) in [4.78, 5) is 10.6. The van der Waals surface area contributed by atoms with Crippen LogP contribution in [0.1, 0.15) is 13.8 Å². The van der Waals surface area contributed by atoms with Crippen molar-refractivity contribution in [2.45, 2.75) is 13.8 Å². The Morgan fingerprint density at radius 1 is 1.44 bits per heavy atom. The Kier molecular flexibility index (Phi) is 4.83. The molecule has 0 spiro atoms. The molecule has 1 aliphatic heterocycles. The summed E-state index contributed by atoms with van der Waals surface area (Å²) in [5.74, 6) is 1.72. The van der Waals surface area contributed by atoms with Crippen molar-refractivity contribution >= 4 is 13.3 Å². The van der Waals surface area contributed by atoms with Crippen LogP contribution in [0.15, 0.2) is 12.1 Å². The first-order valence-electron chi connectivity index (χ1n) is 5.14. The van der Waals surface area contributed by atoms with E-state index in [2.05, 4.69) is 23.3 Å². The normalized spacial score (nSPS) is 19.8. The molecule has 0 N–H and O–H groups in total. The number of rotatable bonds is 3. The number of ether oxygens (including phenoxy) is 2. The van der Waals surface area contributed by atoms with Crippen molar-refractivity contribution in [1.82, 2.24) is 0 Å². The van der Waals surface area contributed by atoms with Crippen molar-refractivity contribution < 1.29 is 23.6 Å². The first-order valence-corrected chi connectivity index (χ1v) is 5.14. The molecule has 0 aromatic rings. The Balaban J connectivity index is 2.18. The lowest BCUT2D eigenvalue weighted by Gasteiger charge is -2.31. The van der Waals surface area contributed by atoms with Crippen LogP contribution < -0.4 is 0 Å². The fourth-order valence-electron chi connectivity index (χ4n) is 1.16. The van der Waals surface area contributed by atoms with Gasteiger partial charge in [0.05, 0.1) is 7.11 Å². The van der Waals surface area contributed by atoms with Crippen LogP contribution in [0.3, 0.4) is 0 Å². The van der Waals surface area contributed by atoms with Crippen LogP contribution in [0.25, 0.3) is 0 Å². The van der Waals surface area contributed by atoms with Gasteiger partial charge in [0, 0.05) is 18.6 Å². The average molecular weight is 228 g/mol. The zero-order chi connectivity index (χ0) is 12.0. The second-order valence-electron chi connectivity index (χ2n) is 4.35. The van der Waals surface area contributed by atoms with Gasteiger partial charge in [-0.2, -0.15) is 0 Å². The molecular formula is C10H17BO5. The Bertz CT molecular complexity index is 254. The Labute approximate surface area is 95.8 Å². The SMILES string of the molecule is COC(=O)OC/C=C/B1OCC(C)(C)CO1. The van der Waals surface area contributed by atoms with E-state index in [1.165, 1.54) is 7.11 Å². The molecule has 6 heteroatoms. The van der Waals surface area contributed by atoms with Crippen molar-refractivity contribution in [2.75, 3.05) is 26.9 Å². The summed E-state index contributed by atoms with van der Waals surface area (Å²) in [5, 5.41) is 0. The van der Waals surface area contributed by atoms with E-state index in [0.29, 0.717) is 13.2 Å². The van der Waals surface area contributed by atoms with Crippen LogP contribution in [0.5, 0.6) is 0 Å². The summed E-state index contributed by atoms with van der Waals surface area (Å²) in [6, 6.07) is 0. The molecule has 0 radical (unpaired) electrons. The third kappa shape index (κ3) is 4.68. The van der Waals surface area contributed by atoms with Crippen molar-refractivity contribution in [3.05, 3.63) is 12.1 Å². The molecule has 0 unspecified atom stereocenters. The summed E-state index contributed by atoms with van der Waals surface area (Å²) >= 11 is 0. The van der Waals surface area contributed by atoms with E-state index < -0.39 is 6.16 Å². The van der Waals surface area contributed by atoms with Gasteiger partial charge in [0.2, 0.25) is 0 Å². The maximum atomic E-state index is 10.6. The predicted molar refractivity (Wildman–Crippen MR) is 58.9 cm³/mol. The molecule has 0 saturated carbocycles. The summed E-state index contributed by atoms with van der Waals surface area (Å²) < 4.78 is 19.9. The van der Waals surface area contributed by atoms with Crippen LogP contribution in [-0.2, 0) is 18.8 Å². The van der Waals surface area contributed by atoms with Gasteiger partial charge in [-0.1, -0.05) is 25.9 Å². The number of hydrogen-bond donors (Lipinski definition) is 0. The van der Waals surface area contributed by atoms with E-state index in [1.807, 2.05) is 0 Å². The zero-order valence-corrected chi connectivity index (χ0v) is 9.89. The summed E-state index contributed by atoms with van der Waals surface area (Å²) in [5.41, 5.74) is 0.0624. The van der Waals surface area contributed by atoms with Gasteiger partial charge in [0.15, 0.2) is 0 Å². The quantitative estimate of drug-likeness (QED) is 0.540. The van der Waals surface area contributed by atoms with Gasteiger partial charge in [0.1, 0.15) is 6.61 Å². The molecular weight excluding hydrogens is 211 g/mol. The number of carbonyl (C=O) groups excluding carboxylic acids is 1. The van der Waals surface area contributed by atoms with Crippen LogP contribution >= 0.6 is 0 Å². The molecule has 0 atom stereocenters. The van der Waals surface area contributed by atoms with Gasteiger partial charge in [0.25, 0.3) is 0 Å². The van der Waals surface area contributed by atoms with Gasteiger partial charge in [-0.25, -0.2) is 4.79 Å². The Morgan fingerprint density at radius 3 is 2.62 bits per heavy atom. The maximum absolute atomic E-state index is 10.6. The van der Waals surface area contributed by atoms with Crippen LogP contribution in [0, 0.1) is 5.41 Å². The zero-order valence-electron chi connectivity index (χ0n) is 9.89. The van der Waals surface area contributed by atoms with E-state index in [4.69, 9.17) is 9.31 Å². The highest BCUT2D eigenvalue weighted by Crippen LogP contribution is 2.21. The second kappa shape index (κ2) is 5.91. The molecule has 90 valence electrons. The van der Waals surface area contributed by atoms with Crippen molar-refractivity contribution in [3.8, 4) is 0 Å². The number of carbonyl (C=O) groups is 1. The first-order chi connectivity index (χ1) is 7.53. The molecule has 1 saturated heterocycles. The molecule has 1 fully saturated rings. The fraction of sp³-hybridized carbons (Fsp3) is 0.700. The lowest BCUT2D eigenvalue weighted by Crippen LogP contribution is -2.39. The second-order valence-corrected chi connectivity index (χ2v) is 4.35. The molecule has 0 amide bonds.